The highest BCUT2D eigenvalue weighted by Crippen LogP contribution is 2.17. The topological polar surface area (TPSA) is 65.2 Å². The van der Waals surface area contributed by atoms with Gasteiger partial charge in [-0.1, -0.05) is 0 Å². The molecule has 6 nitrogen and oxygen atoms in total. The van der Waals surface area contributed by atoms with Crippen molar-refractivity contribution in [1.82, 2.24) is 24.8 Å². The second-order valence-corrected chi connectivity index (χ2v) is 3.54. The van der Waals surface area contributed by atoms with Gasteiger partial charge in [-0.2, -0.15) is 10.2 Å². The van der Waals surface area contributed by atoms with Crippen LogP contribution in [0.5, 0.6) is 11.6 Å². The van der Waals surface area contributed by atoms with Crippen molar-refractivity contribution in [3.63, 3.8) is 0 Å². The lowest BCUT2D eigenvalue weighted by atomic mass is 10.4. The van der Waals surface area contributed by atoms with Crippen LogP contribution in [0.1, 0.15) is 5.69 Å². The number of nitrogens with zero attached hydrogens (tertiary/aromatic N) is 5. The minimum absolute atomic E-state index is 0.434. The third-order valence-electron chi connectivity index (χ3n) is 2.22. The molecule has 17 heavy (non-hydrogen) atoms. The summed E-state index contributed by atoms with van der Waals surface area (Å²) in [5, 5.41) is 11.9. The van der Waals surface area contributed by atoms with E-state index in [-0.39, 0.29) is 0 Å². The van der Waals surface area contributed by atoms with Crippen LogP contribution in [0.4, 0.5) is 0 Å². The highest BCUT2D eigenvalue weighted by atomic mass is 16.5. The summed E-state index contributed by atoms with van der Waals surface area (Å²) in [6.45, 7) is 1.87. The van der Waals surface area contributed by atoms with Crippen LogP contribution in [0.15, 0.2) is 36.8 Å². The summed E-state index contributed by atoms with van der Waals surface area (Å²) in [4.78, 5) is 4.18. The van der Waals surface area contributed by atoms with Crippen LogP contribution < -0.4 is 4.74 Å². The van der Waals surface area contributed by atoms with E-state index in [0.717, 1.165) is 11.3 Å². The van der Waals surface area contributed by atoms with E-state index < -0.39 is 0 Å². The molecule has 0 saturated heterocycles. The van der Waals surface area contributed by atoms with Crippen LogP contribution in [0.3, 0.4) is 0 Å². The van der Waals surface area contributed by atoms with Gasteiger partial charge in [0.15, 0.2) is 11.4 Å². The first-order chi connectivity index (χ1) is 8.31. The second-order valence-electron chi connectivity index (χ2n) is 3.54. The van der Waals surface area contributed by atoms with Crippen LogP contribution in [0, 0.1) is 6.92 Å². The summed E-state index contributed by atoms with van der Waals surface area (Å²) in [5.41, 5.74) is 1.62. The molecule has 3 aromatic heterocycles. The van der Waals surface area contributed by atoms with Gasteiger partial charge in [0.25, 0.3) is 0 Å². The number of rotatable bonds is 2. The zero-order chi connectivity index (χ0) is 11.7. The van der Waals surface area contributed by atoms with Gasteiger partial charge in [0, 0.05) is 12.1 Å². The Bertz CT molecular complexity index is 646. The lowest BCUT2D eigenvalue weighted by molar-refractivity contribution is 0.448. The molecule has 0 bridgehead atoms. The second kappa shape index (κ2) is 3.82. The largest absolute Gasteiger partial charge is 0.434 e. The number of ether oxygens (including phenoxy) is 1. The Labute approximate surface area is 96.9 Å². The van der Waals surface area contributed by atoms with Gasteiger partial charge in [0.1, 0.15) is 0 Å². The molecule has 0 unspecified atom stereocenters. The first-order valence-electron chi connectivity index (χ1n) is 5.09. The van der Waals surface area contributed by atoms with Crippen molar-refractivity contribution >= 4 is 5.65 Å². The Morgan fingerprint density at radius 1 is 1.18 bits per heavy atom. The van der Waals surface area contributed by atoms with Crippen molar-refractivity contribution in [3.05, 3.63) is 42.5 Å². The summed E-state index contributed by atoms with van der Waals surface area (Å²) in [6.07, 6.45) is 5.04. The number of aromatic nitrogens is 5. The molecule has 3 aromatic rings. The Balaban J connectivity index is 1.91. The van der Waals surface area contributed by atoms with E-state index in [0.29, 0.717) is 11.6 Å². The fourth-order valence-electron chi connectivity index (χ4n) is 1.41. The van der Waals surface area contributed by atoms with Gasteiger partial charge in [-0.3, -0.25) is 0 Å². The zero-order valence-corrected chi connectivity index (χ0v) is 9.11. The number of aryl methyl sites for hydroxylation is 1. The van der Waals surface area contributed by atoms with Gasteiger partial charge in [-0.15, -0.1) is 5.10 Å². The Kier molecular flexibility index (Phi) is 2.18. The van der Waals surface area contributed by atoms with Crippen molar-refractivity contribution < 1.29 is 4.74 Å². The smallest absolute Gasteiger partial charge is 0.239 e. The standard InChI is InChI=1S/C11H9N5O/c1-8-2-3-11(15-14-8)17-9-6-12-10-4-5-13-16(10)7-9/h2-7H,1H3. The first-order valence-corrected chi connectivity index (χ1v) is 5.09. The monoisotopic (exact) mass is 227 g/mol. The third-order valence-corrected chi connectivity index (χ3v) is 2.22. The van der Waals surface area contributed by atoms with Gasteiger partial charge in [-0.05, 0) is 13.0 Å². The highest BCUT2D eigenvalue weighted by Gasteiger charge is 2.02. The molecule has 0 amide bonds. The quantitative estimate of drug-likeness (QED) is 0.665. The van der Waals surface area contributed by atoms with Crippen molar-refractivity contribution in [2.24, 2.45) is 0 Å². The molecule has 0 aliphatic heterocycles. The third kappa shape index (κ3) is 1.92. The molecule has 3 rings (SSSR count). The van der Waals surface area contributed by atoms with E-state index >= 15 is 0 Å². The van der Waals surface area contributed by atoms with Gasteiger partial charge < -0.3 is 4.74 Å². The van der Waals surface area contributed by atoms with Crippen LogP contribution in [0.25, 0.3) is 5.65 Å². The maximum atomic E-state index is 5.51. The molecular weight excluding hydrogens is 218 g/mol. The van der Waals surface area contributed by atoms with Crippen molar-refractivity contribution in [3.8, 4) is 11.6 Å². The predicted molar refractivity (Wildman–Crippen MR) is 59.8 cm³/mol. The summed E-state index contributed by atoms with van der Waals surface area (Å²) in [5.74, 6) is 1.00. The van der Waals surface area contributed by atoms with Crippen LogP contribution in [0.2, 0.25) is 0 Å². The molecule has 0 aliphatic carbocycles. The van der Waals surface area contributed by atoms with Gasteiger partial charge >= 0.3 is 0 Å². The Morgan fingerprint density at radius 2 is 2.12 bits per heavy atom. The minimum atomic E-state index is 0.434. The minimum Gasteiger partial charge on any atom is -0.434 e. The molecule has 0 N–H and O–H groups in total. The molecule has 0 saturated carbocycles. The maximum Gasteiger partial charge on any atom is 0.239 e. The Hall–Kier alpha value is -2.50. The van der Waals surface area contributed by atoms with Crippen LogP contribution in [-0.2, 0) is 0 Å². The number of hydrogen-bond donors (Lipinski definition) is 0. The fourth-order valence-corrected chi connectivity index (χ4v) is 1.41. The van der Waals surface area contributed by atoms with Crippen molar-refractivity contribution in [2.75, 3.05) is 0 Å². The lowest BCUT2D eigenvalue weighted by Crippen LogP contribution is -1.95. The molecule has 0 spiro atoms. The highest BCUT2D eigenvalue weighted by molar-refractivity contribution is 5.37. The summed E-state index contributed by atoms with van der Waals surface area (Å²) in [7, 11) is 0. The zero-order valence-electron chi connectivity index (χ0n) is 9.11. The summed E-state index contributed by atoms with van der Waals surface area (Å²) < 4.78 is 7.15. The molecule has 0 aliphatic rings. The lowest BCUT2D eigenvalue weighted by Gasteiger charge is -2.03. The van der Waals surface area contributed by atoms with Gasteiger partial charge in [0.05, 0.1) is 24.3 Å². The molecule has 3 heterocycles. The number of hydrogen-bond acceptors (Lipinski definition) is 5. The molecule has 0 atom stereocenters. The molecule has 84 valence electrons. The van der Waals surface area contributed by atoms with E-state index in [1.54, 1.807) is 29.2 Å². The van der Waals surface area contributed by atoms with Crippen molar-refractivity contribution in [1.29, 1.82) is 0 Å². The summed E-state index contributed by atoms with van der Waals surface area (Å²) >= 11 is 0. The number of fused-ring (bicyclic) bond motifs is 1. The van der Waals surface area contributed by atoms with E-state index in [9.17, 15) is 0 Å². The Morgan fingerprint density at radius 3 is 2.94 bits per heavy atom. The van der Waals surface area contributed by atoms with E-state index in [2.05, 4.69) is 20.3 Å². The molecular formula is C11H9N5O. The molecule has 0 radical (unpaired) electrons. The van der Waals surface area contributed by atoms with Gasteiger partial charge in [0.2, 0.25) is 5.88 Å². The normalized spacial score (nSPS) is 10.6. The van der Waals surface area contributed by atoms with Crippen molar-refractivity contribution in [2.45, 2.75) is 6.92 Å². The first kappa shape index (κ1) is 9.71. The maximum absolute atomic E-state index is 5.51. The van der Waals surface area contributed by atoms with E-state index in [4.69, 9.17) is 4.74 Å². The summed E-state index contributed by atoms with van der Waals surface area (Å²) in [6, 6.07) is 5.41. The molecule has 0 aromatic carbocycles. The SMILES string of the molecule is Cc1ccc(Oc2cnc3ccnn3c2)nn1. The van der Waals surface area contributed by atoms with Crippen LogP contribution in [-0.4, -0.2) is 24.8 Å². The van der Waals surface area contributed by atoms with Crippen LogP contribution >= 0.6 is 0 Å². The van der Waals surface area contributed by atoms with Gasteiger partial charge in [-0.25, -0.2) is 9.50 Å². The fraction of sp³-hybridized carbons (Fsp3) is 0.0909. The average Bonchev–Trinajstić information content (AvgIpc) is 2.79. The molecule has 6 heteroatoms. The average molecular weight is 227 g/mol. The molecule has 0 fully saturated rings. The predicted octanol–water partition coefficient (Wildman–Crippen LogP) is 1.62. The van der Waals surface area contributed by atoms with E-state index in [1.807, 2.05) is 19.1 Å². The van der Waals surface area contributed by atoms with E-state index in [1.165, 1.54) is 0 Å².